The van der Waals surface area contributed by atoms with Crippen LogP contribution < -0.4 is 10.4 Å². The molecule has 1 N–H and O–H groups in total. The number of ether oxygens (including phenoxy) is 1. The van der Waals surface area contributed by atoms with E-state index < -0.39 is 11.6 Å². The number of benzene rings is 2. The summed E-state index contributed by atoms with van der Waals surface area (Å²) in [6.45, 7) is 0. The molecule has 2 aromatic carbocycles. The van der Waals surface area contributed by atoms with Crippen molar-refractivity contribution in [2.24, 2.45) is 0 Å². The number of para-hydroxylation sites is 1. The number of aromatic nitrogens is 2. The maximum absolute atomic E-state index is 12.2. The fourth-order valence-electron chi connectivity index (χ4n) is 2.34. The van der Waals surface area contributed by atoms with E-state index in [4.69, 9.17) is 9.15 Å². The van der Waals surface area contributed by atoms with Crippen LogP contribution in [0.2, 0.25) is 0 Å². The molecule has 0 bridgehead atoms. The highest BCUT2D eigenvalue weighted by atomic mass is 16.5. The lowest BCUT2D eigenvalue weighted by molar-refractivity contribution is 0.0731. The summed E-state index contributed by atoms with van der Waals surface area (Å²) in [6.07, 6.45) is 1.55. The topological polar surface area (TPSA) is 85.2 Å². The average molecular weight is 306 g/mol. The normalized spacial score (nSPS) is 11.0. The van der Waals surface area contributed by atoms with E-state index in [2.05, 4.69) is 9.97 Å². The molecule has 0 spiro atoms. The van der Waals surface area contributed by atoms with Gasteiger partial charge >= 0.3 is 11.6 Å². The number of carbonyl (C=O) groups excluding carboxylic acids is 1. The smallest absolute Gasteiger partial charge is 0.351 e. The molecule has 2 aromatic heterocycles. The molecule has 0 fully saturated rings. The standard InChI is InChI=1S/C17H10N2O4/c20-16(22-11-5-6-13-14(8-11)19-9-18-13)12-7-10-3-1-2-4-15(10)23-17(12)21/h1-9H,(H,18,19). The van der Waals surface area contributed by atoms with Crippen LogP contribution in [0.25, 0.3) is 22.0 Å². The Hall–Kier alpha value is -3.41. The molecule has 0 radical (unpaired) electrons. The molecule has 2 heterocycles. The Labute approximate surface area is 129 Å². The van der Waals surface area contributed by atoms with Crippen LogP contribution in [0.3, 0.4) is 0 Å². The van der Waals surface area contributed by atoms with Crippen molar-refractivity contribution in [3.05, 3.63) is 70.8 Å². The summed E-state index contributed by atoms with van der Waals surface area (Å²) in [6, 6.07) is 13.4. The molecular weight excluding hydrogens is 296 g/mol. The van der Waals surface area contributed by atoms with E-state index in [9.17, 15) is 9.59 Å². The number of fused-ring (bicyclic) bond motifs is 2. The first-order chi connectivity index (χ1) is 11.2. The molecular formula is C17H10N2O4. The van der Waals surface area contributed by atoms with Gasteiger partial charge in [0.15, 0.2) is 0 Å². The Kier molecular flexibility index (Phi) is 2.94. The summed E-state index contributed by atoms with van der Waals surface area (Å²) >= 11 is 0. The van der Waals surface area contributed by atoms with Gasteiger partial charge in [-0.3, -0.25) is 0 Å². The molecule has 0 unspecified atom stereocenters. The number of esters is 1. The van der Waals surface area contributed by atoms with Crippen LogP contribution in [0.5, 0.6) is 5.75 Å². The van der Waals surface area contributed by atoms with Crippen molar-refractivity contribution in [2.75, 3.05) is 0 Å². The van der Waals surface area contributed by atoms with Gasteiger partial charge in [-0.2, -0.15) is 0 Å². The van der Waals surface area contributed by atoms with Crippen LogP contribution in [0.15, 0.2) is 64.1 Å². The number of rotatable bonds is 2. The first-order valence-corrected chi connectivity index (χ1v) is 6.89. The SMILES string of the molecule is O=C(Oc1ccc2nc[nH]c2c1)c1cc2ccccc2oc1=O. The number of nitrogens with zero attached hydrogens (tertiary/aromatic N) is 1. The van der Waals surface area contributed by atoms with E-state index >= 15 is 0 Å². The summed E-state index contributed by atoms with van der Waals surface area (Å²) in [5.41, 5.74) is 1.05. The van der Waals surface area contributed by atoms with Gasteiger partial charge in [-0.25, -0.2) is 14.6 Å². The third-order valence-corrected chi connectivity index (χ3v) is 3.46. The second kappa shape index (κ2) is 5.10. The molecule has 0 saturated heterocycles. The van der Waals surface area contributed by atoms with Crippen molar-refractivity contribution in [1.82, 2.24) is 9.97 Å². The number of aromatic amines is 1. The van der Waals surface area contributed by atoms with Gasteiger partial charge in [0.2, 0.25) is 0 Å². The number of H-pyrrole nitrogens is 1. The predicted molar refractivity (Wildman–Crippen MR) is 83.5 cm³/mol. The van der Waals surface area contributed by atoms with Crippen LogP contribution in [0, 0.1) is 0 Å². The van der Waals surface area contributed by atoms with Crippen LogP contribution >= 0.6 is 0 Å². The molecule has 112 valence electrons. The highest BCUT2D eigenvalue weighted by Crippen LogP contribution is 2.19. The van der Waals surface area contributed by atoms with Gasteiger partial charge in [0.05, 0.1) is 17.4 Å². The highest BCUT2D eigenvalue weighted by molar-refractivity contribution is 5.94. The zero-order chi connectivity index (χ0) is 15.8. The second-order valence-electron chi connectivity index (χ2n) is 4.96. The fraction of sp³-hybridized carbons (Fsp3) is 0. The number of nitrogens with one attached hydrogen (secondary N) is 1. The Balaban J connectivity index is 1.71. The third-order valence-electron chi connectivity index (χ3n) is 3.46. The van der Waals surface area contributed by atoms with Crippen molar-refractivity contribution in [2.45, 2.75) is 0 Å². The van der Waals surface area contributed by atoms with Gasteiger partial charge in [-0.15, -0.1) is 0 Å². The summed E-state index contributed by atoms with van der Waals surface area (Å²) in [5.74, 6) is -0.442. The van der Waals surface area contributed by atoms with Crippen LogP contribution in [-0.2, 0) is 0 Å². The van der Waals surface area contributed by atoms with Crippen LogP contribution in [-0.4, -0.2) is 15.9 Å². The van der Waals surface area contributed by atoms with Crippen LogP contribution in [0.1, 0.15) is 10.4 Å². The first kappa shape index (κ1) is 13.3. The summed E-state index contributed by atoms with van der Waals surface area (Å²) in [4.78, 5) is 31.2. The zero-order valence-corrected chi connectivity index (χ0v) is 11.8. The average Bonchev–Trinajstić information content (AvgIpc) is 3.01. The molecule has 6 nitrogen and oxygen atoms in total. The minimum absolute atomic E-state index is 0.145. The van der Waals surface area contributed by atoms with Crippen molar-refractivity contribution in [1.29, 1.82) is 0 Å². The third kappa shape index (κ3) is 2.36. The Bertz CT molecular complexity index is 1090. The second-order valence-corrected chi connectivity index (χ2v) is 4.96. The Morgan fingerprint density at radius 3 is 2.91 bits per heavy atom. The van der Waals surface area contributed by atoms with E-state index in [0.29, 0.717) is 16.7 Å². The van der Waals surface area contributed by atoms with Gasteiger partial charge in [0.25, 0.3) is 0 Å². The maximum Gasteiger partial charge on any atom is 0.351 e. The van der Waals surface area contributed by atoms with E-state index in [1.807, 2.05) is 0 Å². The zero-order valence-electron chi connectivity index (χ0n) is 11.8. The first-order valence-electron chi connectivity index (χ1n) is 6.89. The van der Waals surface area contributed by atoms with Gasteiger partial charge < -0.3 is 14.1 Å². The summed E-state index contributed by atoms with van der Waals surface area (Å²) in [5, 5.41) is 0.656. The molecule has 4 aromatic rings. The molecule has 0 aliphatic rings. The monoisotopic (exact) mass is 306 g/mol. The van der Waals surface area contributed by atoms with E-state index in [1.165, 1.54) is 6.07 Å². The molecule has 23 heavy (non-hydrogen) atoms. The summed E-state index contributed by atoms with van der Waals surface area (Å²) < 4.78 is 10.4. The number of hydrogen-bond donors (Lipinski definition) is 1. The number of carbonyl (C=O) groups is 1. The van der Waals surface area contributed by atoms with Crippen molar-refractivity contribution < 1.29 is 13.9 Å². The largest absolute Gasteiger partial charge is 0.423 e. The lowest BCUT2D eigenvalue weighted by atomic mass is 10.2. The Morgan fingerprint density at radius 1 is 1.13 bits per heavy atom. The summed E-state index contributed by atoms with van der Waals surface area (Å²) in [7, 11) is 0. The van der Waals surface area contributed by atoms with E-state index in [0.717, 1.165) is 11.0 Å². The highest BCUT2D eigenvalue weighted by Gasteiger charge is 2.16. The minimum atomic E-state index is -0.761. The van der Waals surface area contributed by atoms with Gasteiger partial charge in [-0.1, -0.05) is 18.2 Å². The molecule has 4 rings (SSSR count). The van der Waals surface area contributed by atoms with Gasteiger partial charge in [-0.05, 0) is 24.3 Å². The fourth-order valence-corrected chi connectivity index (χ4v) is 2.34. The van der Waals surface area contributed by atoms with E-state index in [1.54, 1.807) is 48.8 Å². The molecule has 0 atom stereocenters. The molecule has 6 heteroatoms. The molecule has 0 aliphatic carbocycles. The van der Waals surface area contributed by atoms with E-state index in [-0.39, 0.29) is 5.56 Å². The van der Waals surface area contributed by atoms with Crippen molar-refractivity contribution in [3.8, 4) is 5.75 Å². The van der Waals surface area contributed by atoms with Gasteiger partial charge in [0, 0.05) is 11.5 Å². The van der Waals surface area contributed by atoms with Crippen molar-refractivity contribution >= 4 is 28.0 Å². The quantitative estimate of drug-likeness (QED) is 0.349. The number of hydrogen-bond acceptors (Lipinski definition) is 5. The van der Waals surface area contributed by atoms with Gasteiger partial charge in [0.1, 0.15) is 16.9 Å². The predicted octanol–water partition coefficient (Wildman–Crippen LogP) is 2.89. The lowest BCUT2D eigenvalue weighted by Crippen LogP contribution is -2.18. The number of imidazole rings is 1. The van der Waals surface area contributed by atoms with Crippen molar-refractivity contribution in [3.63, 3.8) is 0 Å². The lowest BCUT2D eigenvalue weighted by Gasteiger charge is -2.04. The minimum Gasteiger partial charge on any atom is -0.423 e. The molecule has 0 aliphatic heterocycles. The van der Waals surface area contributed by atoms with Crippen LogP contribution in [0.4, 0.5) is 0 Å². The maximum atomic E-state index is 12.2. The Morgan fingerprint density at radius 2 is 2.00 bits per heavy atom. The molecule has 0 amide bonds. The molecule has 0 saturated carbocycles.